The van der Waals surface area contributed by atoms with E-state index in [9.17, 15) is 4.39 Å². The SMILES string of the molecule is CN1CCN(C[C@@H]2CCCN(c3ncnc4cc(F)ccc34)C2)CC1. The first-order chi connectivity index (χ1) is 12.2. The molecule has 3 heterocycles. The van der Waals surface area contributed by atoms with Crippen LogP contribution in [0.2, 0.25) is 0 Å². The minimum absolute atomic E-state index is 0.247. The molecule has 0 bridgehead atoms. The van der Waals surface area contributed by atoms with Gasteiger partial charge in [0.15, 0.2) is 0 Å². The third-order valence-corrected chi connectivity index (χ3v) is 5.51. The number of rotatable bonds is 3. The monoisotopic (exact) mass is 343 g/mol. The van der Waals surface area contributed by atoms with Crippen LogP contribution in [0.15, 0.2) is 24.5 Å². The van der Waals surface area contributed by atoms with E-state index in [2.05, 4.69) is 31.7 Å². The lowest BCUT2D eigenvalue weighted by Gasteiger charge is -2.39. The molecule has 4 rings (SSSR count). The molecule has 0 saturated carbocycles. The maximum Gasteiger partial charge on any atom is 0.139 e. The maximum atomic E-state index is 13.5. The highest BCUT2D eigenvalue weighted by Gasteiger charge is 2.25. The Hall–Kier alpha value is -1.79. The highest BCUT2D eigenvalue weighted by molar-refractivity contribution is 5.89. The van der Waals surface area contributed by atoms with Crippen LogP contribution in [0.3, 0.4) is 0 Å². The standard InChI is InChI=1S/C19H26FN5/c1-23-7-9-24(10-8-23)12-15-3-2-6-25(13-15)19-17-5-4-16(20)11-18(17)21-14-22-19/h4-5,11,14-15H,2-3,6-10,12-13H2,1H3/t15-/m0/s1. The number of aromatic nitrogens is 2. The van der Waals surface area contributed by atoms with Gasteiger partial charge in [0.1, 0.15) is 18.0 Å². The van der Waals surface area contributed by atoms with E-state index in [4.69, 9.17) is 0 Å². The summed E-state index contributed by atoms with van der Waals surface area (Å²) in [6.07, 6.45) is 4.02. The average Bonchev–Trinajstić information content (AvgIpc) is 2.63. The number of halogens is 1. The second-order valence-corrected chi connectivity index (χ2v) is 7.42. The van der Waals surface area contributed by atoms with Gasteiger partial charge >= 0.3 is 0 Å². The Balaban J connectivity index is 1.48. The summed E-state index contributed by atoms with van der Waals surface area (Å²) in [6, 6.07) is 4.80. The lowest BCUT2D eigenvalue weighted by Crippen LogP contribution is -2.48. The summed E-state index contributed by atoms with van der Waals surface area (Å²) < 4.78 is 13.5. The Morgan fingerprint density at radius 2 is 1.96 bits per heavy atom. The first-order valence-corrected chi connectivity index (χ1v) is 9.25. The number of anilines is 1. The van der Waals surface area contributed by atoms with Crippen molar-refractivity contribution < 1.29 is 4.39 Å². The molecule has 2 aliphatic rings. The molecule has 0 radical (unpaired) electrons. The van der Waals surface area contributed by atoms with Crippen LogP contribution in [0.4, 0.5) is 10.2 Å². The van der Waals surface area contributed by atoms with E-state index >= 15 is 0 Å². The molecular weight excluding hydrogens is 317 g/mol. The molecule has 1 aromatic carbocycles. The predicted octanol–water partition coefficient (Wildman–Crippen LogP) is 2.23. The summed E-state index contributed by atoms with van der Waals surface area (Å²) in [5.41, 5.74) is 0.686. The van der Waals surface area contributed by atoms with Crippen LogP contribution < -0.4 is 4.90 Å². The van der Waals surface area contributed by atoms with E-state index in [-0.39, 0.29) is 5.82 Å². The van der Waals surface area contributed by atoms with E-state index < -0.39 is 0 Å². The third-order valence-electron chi connectivity index (χ3n) is 5.51. The molecule has 25 heavy (non-hydrogen) atoms. The molecule has 1 atom stereocenters. The largest absolute Gasteiger partial charge is 0.356 e. The van der Waals surface area contributed by atoms with Crippen molar-refractivity contribution in [2.45, 2.75) is 12.8 Å². The number of hydrogen-bond acceptors (Lipinski definition) is 5. The van der Waals surface area contributed by atoms with Crippen LogP contribution in [0, 0.1) is 11.7 Å². The van der Waals surface area contributed by atoms with Gasteiger partial charge in [0, 0.05) is 57.3 Å². The molecule has 0 spiro atoms. The lowest BCUT2D eigenvalue weighted by atomic mass is 9.96. The topological polar surface area (TPSA) is 35.5 Å². The van der Waals surface area contributed by atoms with E-state index in [0.717, 1.165) is 24.3 Å². The molecule has 6 heteroatoms. The minimum Gasteiger partial charge on any atom is -0.356 e. The Morgan fingerprint density at radius 3 is 2.80 bits per heavy atom. The summed E-state index contributed by atoms with van der Waals surface area (Å²) in [5, 5.41) is 0.948. The highest BCUT2D eigenvalue weighted by Crippen LogP contribution is 2.28. The van der Waals surface area contributed by atoms with Crippen molar-refractivity contribution in [1.29, 1.82) is 0 Å². The van der Waals surface area contributed by atoms with E-state index in [1.165, 1.54) is 57.7 Å². The quantitative estimate of drug-likeness (QED) is 0.854. The maximum absolute atomic E-state index is 13.5. The molecule has 2 aromatic rings. The molecule has 0 aliphatic carbocycles. The Bertz CT molecular complexity index is 729. The summed E-state index contributed by atoms with van der Waals surface area (Å²) >= 11 is 0. The number of fused-ring (bicyclic) bond motifs is 1. The molecule has 0 amide bonds. The fourth-order valence-electron chi connectivity index (χ4n) is 4.07. The van der Waals surface area contributed by atoms with Crippen molar-refractivity contribution in [1.82, 2.24) is 19.8 Å². The zero-order chi connectivity index (χ0) is 17.2. The average molecular weight is 343 g/mol. The van der Waals surface area contributed by atoms with Crippen molar-refractivity contribution >= 4 is 16.7 Å². The summed E-state index contributed by atoms with van der Waals surface area (Å²) in [6.45, 7) is 7.88. The molecule has 2 saturated heterocycles. The van der Waals surface area contributed by atoms with Gasteiger partial charge in [-0.2, -0.15) is 0 Å². The number of nitrogens with zero attached hydrogens (tertiary/aromatic N) is 5. The molecule has 2 fully saturated rings. The van der Waals surface area contributed by atoms with E-state index in [1.807, 2.05) is 6.07 Å². The van der Waals surface area contributed by atoms with Crippen molar-refractivity contribution in [3.8, 4) is 0 Å². The van der Waals surface area contributed by atoms with Gasteiger partial charge in [-0.25, -0.2) is 14.4 Å². The second kappa shape index (κ2) is 7.22. The number of likely N-dealkylation sites (N-methyl/N-ethyl adjacent to an activating group) is 1. The van der Waals surface area contributed by atoms with Gasteiger partial charge in [0.05, 0.1) is 5.52 Å². The van der Waals surface area contributed by atoms with Gasteiger partial charge in [0.25, 0.3) is 0 Å². The molecule has 1 aromatic heterocycles. The molecule has 134 valence electrons. The smallest absolute Gasteiger partial charge is 0.139 e. The summed E-state index contributed by atoms with van der Waals surface area (Å²) in [5.74, 6) is 1.37. The van der Waals surface area contributed by atoms with Crippen LogP contribution in [0.1, 0.15) is 12.8 Å². The first-order valence-electron chi connectivity index (χ1n) is 9.25. The zero-order valence-electron chi connectivity index (χ0n) is 14.9. The van der Waals surface area contributed by atoms with Crippen LogP contribution in [0.25, 0.3) is 10.9 Å². The van der Waals surface area contributed by atoms with Crippen molar-refractivity contribution in [3.63, 3.8) is 0 Å². The molecule has 2 aliphatic heterocycles. The van der Waals surface area contributed by atoms with Gasteiger partial charge in [0.2, 0.25) is 0 Å². The number of piperidine rings is 1. The normalized spacial score (nSPS) is 23.3. The molecule has 5 nitrogen and oxygen atoms in total. The van der Waals surface area contributed by atoms with Crippen LogP contribution in [0.5, 0.6) is 0 Å². The zero-order valence-corrected chi connectivity index (χ0v) is 14.9. The predicted molar refractivity (Wildman–Crippen MR) is 98.4 cm³/mol. The summed E-state index contributed by atoms with van der Waals surface area (Å²) in [7, 11) is 2.20. The van der Waals surface area contributed by atoms with Gasteiger partial charge in [-0.1, -0.05) is 0 Å². The molecule has 0 unspecified atom stereocenters. The van der Waals surface area contributed by atoms with E-state index in [0.29, 0.717) is 11.4 Å². The highest BCUT2D eigenvalue weighted by atomic mass is 19.1. The van der Waals surface area contributed by atoms with Crippen LogP contribution in [-0.4, -0.2) is 72.6 Å². The Morgan fingerprint density at radius 1 is 1.12 bits per heavy atom. The van der Waals surface area contributed by atoms with Crippen molar-refractivity contribution in [2.75, 3.05) is 57.8 Å². The van der Waals surface area contributed by atoms with Crippen molar-refractivity contribution in [3.05, 3.63) is 30.3 Å². The Labute approximate surface area is 148 Å². The Kier molecular flexibility index (Phi) is 4.81. The van der Waals surface area contributed by atoms with Gasteiger partial charge < -0.3 is 14.7 Å². The number of benzene rings is 1. The van der Waals surface area contributed by atoms with Gasteiger partial charge in [-0.15, -0.1) is 0 Å². The minimum atomic E-state index is -0.247. The number of hydrogen-bond donors (Lipinski definition) is 0. The first kappa shape index (κ1) is 16.7. The fourth-order valence-corrected chi connectivity index (χ4v) is 4.07. The van der Waals surface area contributed by atoms with E-state index in [1.54, 1.807) is 6.33 Å². The fraction of sp³-hybridized carbons (Fsp3) is 0.579. The van der Waals surface area contributed by atoms with Crippen LogP contribution >= 0.6 is 0 Å². The summed E-state index contributed by atoms with van der Waals surface area (Å²) in [4.78, 5) is 16.1. The lowest BCUT2D eigenvalue weighted by molar-refractivity contribution is 0.131. The van der Waals surface area contributed by atoms with Gasteiger partial charge in [-0.3, -0.25) is 0 Å². The molecular formula is C19H26FN5. The third kappa shape index (κ3) is 3.75. The van der Waals surface area contributed by atoms with Gasteiger partial charge in [-0.05, 0) is 37.9 Å². The molecule has 0 N–H and O–H groups in total. The number of piperazine rings is 1. The van der Waals surface area contributed by atoms with Crippen LogP contribution in [-0.2, 0) is 0 Å². The second-order valence-electron chi connectivity index (χ2n) is 7.42. The van der Waals surface area contributed by atoms with Crippen molar-refractivity contribution in [2.24, 2.45) is 5.92 Å².